The summed E-state index contributed by atoms with van der Waals surface area (Å²) >= 11 is 5.97. The minimum atomic E-state index is -0.433. The van der Waals surface area contributed by atoms with Crippen LogP contribution in [0.1, 0.15) is 23.4 Å². The van der Waals surface area contributed by atoms with E-state index in [1.165, 1.54) is 18.2 Å². The van der Waals surface area contributed by atoms with E-state index in [1.54, 1.807) is 11.8 Å². The van der Waals surface area contributed by atoms with Gasteiger partial charge in [-0.15, -0.1) is 10.2 Å². The zero-order chi connectivity index (χ0) is 16.4. The van der Waals surface area contributed by atoms with Crippen LogP contribution in [0.2, 0.25) is 5.02 Å². The Morgan fingerprint density at radius 3 is 3.00 bits per heavy atom. The molecule has 2 heterocycles. The highest BCUT2D eigenvalue weighted by atomic mass is 35.5. The lowest BCUT2D eigenvalue weighted by Gasteiger charge is -2.31. The molecule has 0 aliphatic carbocycles. The number of hydrogen-bond acceptors (Lipinski definition) is 5. The Labute approximate surface area is 137 Å². The van der Waals surface area contributed by atoms with Crippen LogP contribution in [0.4, 0.5) is 4.39 Å². The predicted octanol–water partition coefficient (Wildman–Crippen LogP) is 2.31. The van der Waals surface area contributed by atoms with Crippen molar-refractivity contribution in [2.45, 2.75) is 19.4 Å². The van der Waals surface area contributed by atoms with Crippen LogP contribution < -0.4 is 0 Å². The van der Waals surface area contributed by atoms with E-state index in [9.17, 15) is 9.18 Å². The zero-order valence-electron chi connectivity index (χ0n) is 12.5. The number of morpholine rings is 1. The second kappa shape index (κ2) is 6.64. The molecule has 1 aliphatic heterocycles. The summed E-state index contributed by atoms with van der Waals surface area (Å²) < 4.78 is 24.0. The summed E-state index contributed by atoms with van der Waals surface area (Å²) in [6.07, 6.45) is -0.327. The molecule has 1 atom stereocenters. The quantitative estimate of drug-likeness (QED) is 0.858. The number of carbonyl (C=O) groups is 1. The molecule has 8 heteroatoms. The molecule has 1 fully saturated rings. The second-order valence-corrected chi connectivity index (χ2v) is 5.68. The van der Waals surface area contributed by atoms with Gasteiger partial charge in [-0.1, -0.05) is 17.7 Å². The van der Waals surface area contributed by atoms with Crippen LogP contribution in [-0.4, -0.2) is 40.7 Å². The van der Waals surface area contributed by atoms with E-state index in [4.69, 9.17) is 20.8 Å². The Hall–Kier alpha value is -1.99. The highest BCUT2D eigenvalue weighted by molar-refractivity contribution is 6.31. The first-order valence-electron chi connectivity index (χ1n) is 7.16. The molecule has 0 spiro atoms. The molecule has 0 bridgehead atoms. The van der Waals surface area contributed by atoms with Crippen molar-refractivity contribution in [2.24, 2.45) is 0 Å². The van der Waals surface area contributed by atoms with Crippen molar-refractivity contribution in [3.63, 3.8) is 0 Å². The maximum absolute atomic E-state index is 13.1. The minimum absolute atomic E-state index is 0.106. The highest BCUT2D eigenvalue weighted by Crippen LogP contribution is 2.23. The Morgan fingerprint density at radius 2 is 2.30 bits per heavy atom. The van der Waals surface area contributed by atoms with Gasteiger partial charge in [0.1, 0.15) is 5.82 Å². The number of nitrogens with zero attached hydrogens (tertiary/aromatic N) is 3. The molecule has 2 aromatic rings. The summed E-state index contributed by atoms with van der Waals surface area (Å²) in [5, 5.41) is 7.94. The van der Waals surface area contributed by atoms with Crippen molar-refractivity contribution >= 4 is 17.5 Å². The van der Waals surface area contributed by atoms with Gasteiger partial charge < -0.3 is 14.1 Å². The molecule has 0 saturated carbocycles. The standard InChI is InChI=1S/C15H15ClFN3O3/c1-9-18-19-15(23-9)13-8-20(4-5-22-13)14(21)6-10-2-3-11(17)7-12(10)16/h2-3,7,13H,4-6,8H2,1H3/t13-/m1/s1. The van der Waals surface area contributed by atoms with Gasteiger partial charge in [0.2, 0.25) is 17.7 Å². The molecule has 1 amide bonds. The number of rotatable bonds is 3. The molecule has 1 saturated heterocycles. The number of aromatic nitrogens is 2. The molecule has 122 valence electrons. The SMILES string of the molecule is Cc1nnc([C@H]2CN(C(=O)Cc3ccc(F)cc3Cl)CCO2)o1. The third-order valence-corrected chi connectivity index (χ3v) is 3.94. The van der Waals surface area contributed by atoms with Gasteiger partial charge in [-0.05, 0) is 17.7 Å². The molecule has 0 N–H and O–H groups in total. The van der Waals surface area contributed by atoms with E-state index in [0.717, 1.165) is 0 Å². The van der Waals surface area contributed by atoms with Crippen LogP contribution in [0.25, 0.3) is 0 Å². The topological polar surface area (TPSA) is 68.5 Å². The first kappa shape index (κ1) is 15.9. The summed E-state index contributed by atoms with van der Waals surface area (Å²) in [6, 6.07) is 4.01. The van der Waals surface area contributed by atoms with Crippen LogP contribution in [0.15, 0.2) is 22.6 Å². The zero-order valence-corrected chi connectivity index (χ0v) is 13.2. The van der Waals surface area contributed by atoms with Crippen LogP contribution >= 0.6 is 11.6 Å². The maximum atomic E-state index is 13.1. The lowest BCUT2D eigenvalue weighted by Crippen LogP contribution is -2.43. The largest absolute Gasteiger partial charge is 0.423 e. The van der Waals surface area contributed by atoms with E-state index in [0.29, 0.717) is 37.0 Å². The number of carbonyl (C=O) groups excluding carboxylic acids is 1. The van der Waals surface area contributed by atoms with Crippen LogP contribution in [0, 0.1) is 12.7 Å². The molecular weight excluding hydrogens is 325 g/mol. The van der Waals surface area contributed by atoms with E-state index in [2.05, 4.69) is 10.2 Å². The van der Waals surface area contributed by atoms with Gasteiger partial charge >= 0.3 is 0 Å². The van der Waals surface area contributed by atoms with E-state index < -0.39 is 11.9 Å². The predicted molar refractivity (Wildman–Crippen MR) is 79.4 cm³/mol. The molecular formula is C15H15ClFN3O3. The maximum Gasteiger partial charge on any atom is 0.246 e. The summed E-state index contributed by atoms with van der Waals surface area (Å²) in [5.41, 5.74) is 0.592. The molecule has 23 heavy (non-hydrogen) atoms. The fourth-order valence-corrected chi connectivity index (χ4v) is 2.64. The van der Waals surface area contributed by atoms with E-state index in [1.807, 2.05) is 0 Å². The van der Waals surface area contributed by atoms with Crippen LogP contribution in [0.5, 0.6) is 0 Å². The van der Waals surface area contributed by atoms with Crippen molar-refractivity contribution in [3.05, 3.63) is 46.4 Å². The number of halogens is 2. The lowest BCUT2D eigenvalue weighted by atomic mass is 10.1. The van der Waals surface area contributed by atoms with Gasteiger partial charge in [0, 0.05) is 18.5 Å². The number of ether oxygens (including phenoxy) is 1. The fraction of sp³-hybridized carbons (Fsp3) is 0.400. The molecule has 0 unspecified atom stereocenters. The minimum Gasteiger partial charge on any atom is -0.423 e. The van der Waals surface area contributed by atoms with Crippen LogP contribution in [-0.2, 0) is 16.0 Å². The summed E-state index contributed by atoms with van der Waals surface area (Å²) in [7, 11) is 0. The third-order valence-electron chi connectivity index (χ3n) is 3.59. The Bertz CT molecular complexity index is 722. The number of aryl methyl sites for hydroxylation is 1. The summed E-state index contributed by atoms with van der Waals surface area (Å²) in [4.78, 5) is 14.1. The van der Waals surface area contributed by atoms with Crippen molar-refractivity contribution in [1.29, 1.82) is 0 Å². The van der Waals surface area contributed by atoms with Crippen molar-refractivity contribution < 1.29 is 18.3 Å². The first-order chi connectivity index (χ1) is 11.0. The van der Waals surface area contributed by atoms with Gasteiger partial charge in [-0.25, -0.2) is 4.39 Å². The number of benzene rings is 1. The van der Waals surface area contributed by atoms with Gasteiger partial charge in [0.15, 0.2) is 6.10 Å². The summed E-state index contributed by atoms with van der Waals surface area (Å²) in [5.74, 6) is 0.275. The van der Waals surface area contributed by atoms with Crippen LogP contribution in [0.3, 0.4) is 0 Å². The number of amides is 1. The van der Waals surface area contributed by atoms with E-state index >= 15 is 0 Å². The highest BCUT2D eigenvalue weighted by Gasteiger charge is 2.29. The second-order valence-electron chi connectivity index (χ2n) is 5.27. The average Bonchev–Trinajstić information content (AvgIpc) is 2.97. The van der Waals surface area contributed by atoms with Gasteiger partial charge in [-0.2, -0.15) is 0 Å². The Morgan fingerprint density at radius 1 is 1.48 bits per heavy atom. The Kier molecular flexibility index (Phi) is 4.58. The Balaban J connectivity index is 1.67. The summed E-state index contributed by atoms with van der Waals surface area (Å²) in [6.45, 7) is 2.88. The van der Waals surface area contributed by atoms with Crippen molar-refractivity contribution in [3.8, 4) is 0 Å². The van der Waals surface area contributed by atoms with E-state index in [-0.39, 0.29) is 17.4 Å². The lowest BCUT2D eigenvalue weighted by molar-refractivity contribution is -0.139. The third kappa shape index (κ3) is 3.68. The molecule has 1 aliphatic rings. The monoisotopic (exact) mass is 339 g/mol. The van der Waals surface area contributed by atoms with Gasteiger partial charge in [-0.3, -0.25) is 4.79 Å². The molecule has 6 nitrogen and oxygen atoms in total. The average molecular weight is 340 g/mol. The molecule has 1 aromatic carbocycles. The normalized spacial score (nSPS) is 18.2. The van der Waals surface area contributed by atoms with Crippen molar-refractivity contribution in [1.82, 2.24) is 15.1 Å². The van der Waals surface area contributed by atoms with Gasteiger partial charge in [0.25, 0.3) is 0 Å². The smallest absolute Gasteiger partial charge is 0.246 e. The fourth-order valence-electron chi connectivity index (χ4n) is 2.41. The number of hydrogen-bond donors (Lipinski definition) is 0. The molecule has 1 aromatic heterocycles. The molecule has 3 rings (SSSR count). The molecule has 0 radical (unpaired) electrons. The first-order valence-corrected chi connectivity index (χ1v) is 7.54. The van der Waals surface area contributed by atoms with Gasteiger partial charge in [0.05, 0.1) is 19.6 Å². The van der Waals surface area contributed by atoms with Crippen molar-refractivity contribution in [2.75, 3.05) is 19.7 Å².